The number of fused-ring (bicyclic) bond motifs is 2. The molecule has 1 aromatic carbocycles. The molecule has 3 aliphatic rings. The molecule has 0 amide bonds. The summed E-state index contributed by atoms with van der Waals surface area (Å²) >= 11 is 0. The molecule has 2 fully saturated rings. The van der Waals surface area contributed by atoms with Gasteiger partial charge in [-0.2, -0.15) is 0 Å². The van der Waals surface area contributed by atoms with E-state index >= 15 is 0 Å². The van der Waals surface area contributed by atoms with Crippen molar-refractivity contribution in [1.29, 1.82) is 0 Å². The first-order chi connectivity index (χ1) is 11.4. The predicted molar refractivity (Wildman–Crippen MR) is 88.0 cm³/mol. The molecular formula is C19H25NO3. The highest BCUT2D eigenvalue weighted by Crippen LogP contribution is 2.31. The third-order valence-electron chi connectivity index (χ3n) is 5.02. The monoisotopic (exact) mass is 315 g/mol. The molecule has 0 spiro atoms. The normalized spacial score (nSPS) is 28.8. The number of rotatable bonds is 5. The fourth-order valence-electron chi connectivity index (χ4n) is 3.85. The Morgan fingerprint density at radius 1 is 1.04 bits per heavy atom. The molecule has 4 nitrogen and oxygen atoms in total. The minimum atomic E-state index is 0.00865. The highest BCUT2D eigenvalue weighted by Gasteiger charge is 2.34. The lowest BCUT2D eigenvalue weighted by Crippen LogP contribution is -2.53. The summed E-state index contributed by atoms with van der Waals surface area (Å²) in [5, 5.41) is 0. The second-order valence-corrected chi connectivity index (χ2v) is 6.66. The van der Waals surface area contributed by atoms with E-state index < -0.39 is 0 Å². The van der Waals surface area contributed by atoms with E-state index in [1.807, 2.05) is 0 Å². The molecule has 0 saturated carbocycles. The molecule has 2 atom stereocenters. The number of morpholine rings is 1. The lowest BCUT2D eigenvalue weighted by molar-refractivity contribution is -0.0518. The van der Waals surface area contributed by atoms with E-state index in [1.54, 1.807) is 5.57 Å². The number of benzene rings is 1. The Kier molecular flexibility index (Phi) is 4.76. The Bertz CT molecular complexity index is 539. The third-order valence-corrected chi connectivity index (χ3v) is 5.02. The summed E-state index contributed by atoms with van der Waals surface area (Å²) in [5.74, 6) is 0. The molecule has 0 radical (unpaired) electrons. The second kappa shape index (κ2) is 7.14. The quantitative estimate of drug-likeness (QED) is 0.782. The maximum atomic E-state index is 5.80. The van der Waals surface area contributed by atoms with Crippen LogP contribution in [0.2, 0.25) is 0 Å². The molecule has 3 aliphatic heterocycles. The third kappa shape index (κ3) is 3.66. The molecule has 2 saturated heterocycles. The zero-order valence-corrected chi connectivity index (χ0v) is 13.5. The van der Waals surface area contributed by atoms with Gasteiger partial charge in [0.1, 0.15) is 0 Å². The maximum absolute atomic E-state index is 5.80. The number of hydrogen-bond acceptors (Lipinski definition) is 4. The summed E-state index contributed by atoms with van der Waals surface area (Å²) in [6.07, 6.45) is 5.60. The molecule has 124 valence electrons. The van der Waals surface area contributed by atoms with Gasteiger partial charge in [0.2, 0.25) is 0 Å². The second-order valence-electron chi connectivity index (χ2n) is 6.66. The van der Waals surface area contributed by atoms with Gasteiger partial charge in [0.05, 0.1) is 32.5 Å². The molecule has 1 aromatic rings. The standard InChI is InChI=1S/C19H25NO3/c1-2-4-15(5-3-1)12-20-17-10-16(11-18(20)14-21-13-17)6-7-19-22-8-9-23-19/h1-5,10,17-19H,6-9,11-14H2. The Hall–Kier alpha value is -1.20. The van der Waals surface area contributed by atoms with Crippen LogP contribution in [-0.2, 0) is 20.8 Å². The van der Waals surface area contributed by atoms with E-state index in [2.05, 4.69) is 41.3 Å². The average molecular weight is 315 g/mol. The zero-order chi connectivity index (χ0) is 15.5. The molecule has 0 aliphatic carbocycles. The predicted octanol–water partition coefficient (Wildman–Crippen LogP) is 2.74. The van der Waals surface area contributed by atoms with Crippen molar-refractivity contribution in [1.82, 2.24) is 4.90 Å². The van der Waals surface area contributed by atoms with Crippen LogP contribution < -0.4 is 0 Å². The average Bonchev–Trinajstić information content (AvgIpc) is 3.08. The van der Waals surface area contributed by atoms with Crippen LogP contribution in [0.3, 0.4) is 0 Å². The van der Waals surface area contributed by atoms with Crippen LogP contribution in [0.1, 0.15) is 24.8 Å². The first kappa shape index (κ1) is 15.3. The van der Waals surface area contributed by atoms with Gasteiger partial charge in [-0.25, -0.2) is 0 Å². The molecule has 0 aromatic heterocycles. The van der Waals surface area contributed by atoms with Crippen LogP contribution in [0, 0.1) is 0 Å². The van der Waals surface area contributed by atoms with E-state index in [0.717, 1.165) is 52.2 Å². The van der Waals surface area contributed by atoms with Gasteiger partial charge >= 0.3 is 0 Å². The fourth-order valence-corrected chi connectivity index (χ4v) is 3.85. The topological polar surface area (TPSA) is 30.9 Å². The van der Waals surface area contributed by atoms with Crippen molar-refractivity contribution in [2.45, 2.75) is 44.2 Å². The molecule has 2 unspecified atom stereocenters. The van der Waals surface area contributed by atoms with Crippen molar-refractivity contribution < 1.29 is 14.2 Å². The van der Waals surface area contributed by atoms with Gasteiger partial charge in [0.25, 0.3) is 0 Å². The van der Waals surface area contributed by atoms with Gasteiger partial charge in [-0.1, -0.05) is 42.0 Å². The van der Waals surface area contributed by atoms with Crippen LogP contribution in [0.15, 0.2) is 42.0 Å². The highest BCUT2D eigenvalue weighted by molar-refractivity contribution is 5.20. The fraction of sp³-hybridized carbons (Fsp3) is 0.579. The van der Waals surface area contributed by atoms with Gasteiger partial charge in [0.15, 0.2) is 6.29 Å². The summed E-state index contributed by atoms with van der Waals surface area (Å²) < 4.78 is 16.9. The molecule has 4 rings (SSSR count). The summed E-state index contributed by atoms with van der Waals surface area (Å²) in [5.41, 5.74) is 2.93. The van der Waals surface area contributed by atoms with Crippen LogP contribution in [0.25, 0.3) is 0 Å². The SMILES string of the molecule is C1=C(CCC2OCCO2)CC2COCC1N2Cc1ccccc1. The van der Waals surface area contributed by atoms with Gasteiger partial charge in [0, 0.05) is 19.0 Å². The van der Waals surface area contributed by atoms with Crippen LogP contribution in [0.4, 0.5) is 0 Å². The van der Waals surface area contributed by atoms with Crippen molar-refractivity contribution >= 4 is 0 Å². The van der Waals surface area contributed by atoms with E-state index in [1.165, 1.54) is 5.56 Å². The number of ether oxygens (including phenoxy) is 3. The lowest BCUT2D eigenvalue weighted by Gasteiger charge is -2.45. The minimum absolute atomic E-state index is 0.00865. The van der Waals surface area contributed by atoms with Gasteiger partial charge < -0.3 is 14.2 Å². The zero-order valence-electron chi connectivity index (χ0n) is 13.5. The Morgan fingerprint density at radius 3 is 2.65 bits per heavy atom. The lowest BCUT2D eigenvalue weighted by atomic mass is 9.91. The summed E-state index contributed by atoms with van der Waals surface area (Å²) in [7, 11) is 0. The Balaban J connectivity index is 1.40. The summed E-state index contributed by atoms with van der Waals surface area (Å²) in [6, 6.07) is 11.6. The first-order valence-corrected chi connectivity index (χ1v) is 8.69. The Morgan fingerprint density at radius 2 is 1.87 bits per heavy atom. The van der Waals surface area contributed by atoms with Crippen molar-refractivity contribution in [2.24, 2.45) is 0 Å². The van der Waals surface area contributed by atoms with E-state index in [-0.39, 0.29) is 6.29 Å². The first-order valence-electron chi connectivity index (χ1n) is 8.69. The van der Waals surface area contributed by atoms with E-state index in [0.29, 0.717) is 12.1 Å². The summed E-state index contributed by atoms with van der Waals surface area (Å²) in [6.45, 7) is 4.15. The maximum Gasteiger partial charge on any atom is 0.158 e. The molecule has 2 bridgehead atoms. The van der Waals surface area contributed by atoms with Crippen molar-refractivity contribution in [3.8, 4) is 0 Å². The smallest absolute Gasteiger partial charge is 0.158 e. The van der Waals surface area contributed by atoms with Gasteiger partial charge in [-0.15, -0.1) is 0 Å². The molecule has 4 heteroatoms. The number of hydrogen-bond donors (Lipinski definition) is 0. The van der Waals surface area contributed by atoms with Crippen LogP contribution >= 0.6 is 0 Å². The van der Waals surface area contributed by atoms with Crippen molar-refractivity contribution in [2.75, 3.05) is 26.4 Å². The van der Waals surface area contributed by atoms with Crippen molar-refractivity contribution in [3.63, 3.8) is 0 Å². The van der Waals surface area contributed by atoms with E-state index in [4.69, 9.17) is 14.2 Å². The highest BCUT2D eigenvalue weighted by atomic mass is 16.7. The molecule has 23 heavy (non-hydrogen) atoms. The molecular weight excluding hydrogens is 290 g/mol. The van der Waals surface area contributed by atoms with Gasteiger partial charge in [-0.3, -0.25) is 4.90 Å². The van der Waals surface area contributed by atoms with Gasteiger partial charge in [-0.05, 0) is 18.4 Å². The molecule has 0 N–H and O–H groups in total. The van der Waals surface area contributed by atoms with Crippen LogP contribution in [-0.4, -0.2) is 49.7 Å². The minimum Gasteiger partial charge on any atom is -0.378 e. The Labute approximate surface area is 138 Å². The summed E-state index contributed by atoms with van der Waals surface area (Å²) in [4.78, 5) is 2.60. The molecule has 3 heterocycles. The largest absolute Gasteiger partial charge is 0.378 e. The van der Waals surface area contributed by atoms with Crippen LogP contribution in [0.5, 0.6) is 0 Å². The van der Waals surface area contributed by atoms with Crippen molar-refractivity contribution in [3.05, 3.63) is 47.5 Å². The van der Waals surface area contributed by atoms with E-state index in [9.17, 15) is 0 Å². The number of nitrogens with zero attached hydrogens (tertiary/aromatic N) is 1.